The Morgan fingerprint density at radius 3 is 2.65 bits per heavy atom. The number of benzene rings is 1. The highest BCUT2D eigenvalue weighted by Crippen LogP contribution is 2.30. The van der Waals surface area contributed by atoms with E-state index in [1.165, 1.54) is 19.2 Å². The van der Waals surface area contributed by atoms with Gasteiger partial charge in [0.25, 0.3) is 11.9 Å². The third-order valence-corrected chi connectivity index (χ3v) is 5.19. The molecule has 168 valence electrons. The summed E-state index contributed by atoms with van der Waals surface area (Å²) in [6.45, 7) is 3.64. The number of ketones is 1. The lowest BCUT2D eigenvalue weighted by atomic mass is 9.64. The molecular formula is C20H24BCl2NO7. The zero-order valence-electron chi connectivity index (χ0n) is 17.5. The van der Waals surface area contributed by atoms with Crippen LogP contribution in [-0.4, -0.2) is 50.5 Å². The normalized spacial score (nSPS) is 17.2. The number of amides is 1. The quantitative estimate of drug-likeness (QED) is 0.435. The molecule has 1 aromatic rings. The number of rotatable bonds is 9. The molecule has 0 aromatic heterocycles. The summed E-state index contributed by atoms with van der Waals surface area (Å²) in [4.78, 5) is 48.6. The first-order valence-corrected chi connectivity index (χ1v) is 10.5. The first-order chi connectivity index (χ1) is 14.6. The number of hydrogen-bond acceptors (Lipinski definition) is 7. The third kappa shape index (κ3) is 7.52. The van der Waals surface area contributed by atoms with E-state index in [0.29, 0.717) is 11.4 Å². The Bertz CT molecular complexity index is 849. The maximum atomic E-state index is 12.6. The Morgan fingerprint density at radius 2 is 2.00 bits per heavy atom. The molecule has 8 nitrogen and oxygen atoms in total. The molecule has 2 atom stereocenters. The Morgan fingerprint density at radius 1 is 1.29 bits per heavy atom. The molecule has 2 rings (SSSR count). The van der Waals surface area contributed by atoms with Crippen LogP contribution in [-0.2, 0) is 28.4 Å². The predicted molar refractivity (Wildman–Crippen MR) is 115 cm³/mol. The number of carbonyl (C=O) groups excluding carboxylic acids is 4. The van der Waals surface area contributed by atoms with Crippen LogP contribution in [0.5, 0.6) is 0 Å². The fourth-order valence-corrected chi connectivity index (χ4v) is 3.63. The van der Waals surface area contributed by atoms with E-state index in [-0.39, 0.29) is 41.7 Å². The molecule has 31 heavy (non-hydrogen) atoms. The van der Waals surface area contributed by atoms with Crippen molar-refractivity contribution < 1.29 is 33.2 Å². The molecule has 1 amide bonds. The summed E-state index contributed by atoms with van der Waals surface area (Å²) in [5, 5.41) is 3.07. The second kappa shape index (κ2) is 11.5. The Kier molecular flexibility index (Phi) is 9.34. The van der Waals surface area contributed by atoms with Gasteiger partial charge in [0.15, 0.2) is 11.9 Å². The van der Waals surface area contributed by atoms with Crippen LogP contribution in [0.4, 0.5) is 0 Å². The van der Waals surface area contributed by atoms with Crippen LogP contribution in [0.15, 0.2) is 18.2 Å². The molecule has 1 fully saturated rings. The van der Waals surface area contributed by atoms with Crippen molar-refractivity contribution in [1.29, 1.82) is 0 Å². The third-order valence-electron chi connectivity index (χ3n) is 4.63. The number of carbonyl (C=O) groups is 4. The maximum Gasteiger partial charge on any atom is 0.531 e. The van der Waals surface area contributed by atoms with Crippen LogP contribution in [0.2, 0.25) is 15.9 Å². The molecule has 0 radical (unpaired) electrons. The molecule has 1 aliphatic rings. The lowest BCUT2D eigenvalue weighted by Gasteiger charge is -2.30. The van der Waals surface area contributed by atoms with Crippen LogP contribution >= 0.6 is 23.2 Å². The van der Waals surface area contributed by atoms with E-state index in [2.05, 4.69) is 10.1 Å². The van der Waals surface area contributed by atoms with Crippen molar-refractivity contribution in [1.82, 2.24) is 5.32 Å². The van der Waals surface area contributed by atoms with Gasteiger partial charge in [-0.25, -0.2) is 4.79 Å². The zero-order chi connectivity index (χ0) is 23.1. The summed E-state index contributed by atoms with van der Waals surface area (Å²) < 4.78 is 15.5. The van der Waals surface area contributed by atoms with Gasteiger partial charge in [-0.15, -0.1) is 0 Å². The van der Waals surface area contributed by atoms with E-state index < -0.39 is 36.9 Å². The van der Waals surface area contributed by atoms with E-state index >= 15 is 0 Å². The summed E-state index contributed by atoms with van der Waals surface area (Å²) in [5.41, 5.74) is 0.158. The first kappa shape index (κ1) is 25.2. The van der Waals surface area contributed by atoms with Crippen molar-refractivity contribution in [2.24, 2.45) is 5.92 Å². The topological polar surface area (TPSA) is 108 Å². The van der Waals surface area contributed by atoms with Gasteiger partial charge < -0.3 is 19.4 Å². The van der Waals surface area contributed by atoms with Crippen LogP contribution in [0.1, 0.15) is 43.5 Å². The summed E-state index contributed by atoms with van der Waals surface area (Å²) in [6, 6.07) is 4.45. The fourth-order valence-electron chi connectivity index (χ4n) is 3.25. The number of halogens is 2. The number of hydrogen-bond donors (Lipinski definition) is 1. The van der Waals surface area contributed by atoms with Crippen molar-refractivity contribution in [3.8, 4) is 0 Å². The standard InChI is InChI=1S/C20H24BCl2NO7/c1-11(2)6-12(21-30-17(20(28)29-3)9-18(26)31-21)7-14(25)10-24-19(27)15-8-13(22)4-5-16(15)23/h4-5,8,11-12,17H,6-7,9-10H2,1-3H3,(H,24,27)/t12-,17+/m1/s1. The summed E-state index contributed by atoms with van der Waals surface area (Å²) in [7, 11) is 0.139. The molecule has 0 aliphatic carbocycles. The first-order valence-electron chi connectivity index (χ1n) is 9.78. The van der Waals surface area contributed by atoms with Crippen LogP contribution in [0, 0.1) is 5.92 Å². The van der Waals surface area contributed by atoms with E-state index in [4.69, 9.17) is 32.5 Å². The Labute approximate surface area is 191 Å². The zero-order valence-corrected chi connectivity index (χ0v) is 19.0. The number of ether oxygens (including phenoxy) is 1. The molecule has 1 saturated heterocycles. The van der Waals surface area contributed by atoms with E-state index in [1.807, 2.05) is 13.8 Å². The molecule has 0 saturated carbocycles. The molecule has 0 unspecified atom stereocenters. The maximum absolute atomic E-state index is 12.6. The van der Waals surface area contributed by atoms with Gasteiger partial charge in [0, 0.05) is 17.3 Å². The van der Waals surface area contributed by atoms with E-state index in [0.717, 1.165) is 0 Å². The fraction of sp³-hybridized carbons (Fsp3) is 0.500. The largest absolute Gasteiger partial charge is 0.531 e. The molecule has 11 heteroatoms. The lowest BCUT2D eigenvalue weighted by Crippen LogP contribution is -2.46. The SMILES string of the molecule is COC(=O)[C@@H]1CC(=O)OB([C@@H](CC(=O)CNC(=O)c2cc(Cl)ccc2Cl)CC(C)C)O1. The molecule has 1 aliphatic heterocycles. The van der Waals surface area contributed by atoms with Gasteiger partial charge in [-0.05, 0) is 30.5 Å². The number of nitrogens with one attached hydrogen (secondary N) is 1. The van der Waals surface area contributed by atoms with Gasteiger partial charge in [-0.3, -0.25) is 14.4 Å². The highest BCUT2D eigenvalue weighted by molar-refractivity contribution is 6.50. The molecule has 1 aromatic carbocycles. The van der Waals surface area contributed by atoms with Crippen LogP contribution in [0.25, 0.3) is 0 Å². The van der Waals surface area contributed by atoms with Crippen molar-refractivity contribution in [3.05, 3.63) is 33.8 Å². The lowest BCUT2D eigenvalue weighted by molar-refractivity contribution is -0.159. The molecule has 0 bridgehead atoms. The van der Waals surface area contributed by atoms with Gasteiger partial charge in [0.2, 0.25) is 0 Å². The predicted octanol–water partition coefficient (Wildman–Crippen LogP) is 3.09. The summed E-state index contributed by atoms with van der Waals surface area (Å²) in [6.07, 6.45) is -0.841. The van der Waals surface area contributed by atoms with E-state index in [1.54, 1.807) is 6.07 Å². The smallest absolute Gasteiger partial charge is 0.509 e. The minimum atomic E-state index is -1.08. The summed E-state index contributed by atoms with van der Waals surface area (Å²) in [5.74, 6) is -2.43. The average molecular weight is 472 g/mol. The molecule has 1 N–H and O–H groups in total. The van der Waals surface area contributed by atoms with Crippen LogP contribution in [0.3, 0.4) is 0 Å². The molecule has 0 spiro atoms. The van der Waals surface area contributed by atoms with Crippen molar-refractivity contribution in [3.63, 3.8) is 0 Å². The number of Topliss-reactive ketones (excluding diaryl/α,β-unsaturated/α-hetero) is 1. The second-order valence-corrected chi connectivity index (χ2v) is 8.49. The second-order valence-electron chi connectivity index (χ2n) is 7.65. The highest BCUT2D eigenvalue weighted by Gasteiger charge is 2.44. The van der Waals surface area contributed by atoms with Gasteiger partial charge >= 0.3 is 13.1 Å². The van der Waals surface area contributed by atoms with Crippen molar-refractivity contribution >= 4 is 53.9 Å². The Balaban J connectivity index is 2.02. The van der Waals surface area contributed by atoms with Gasteiger partial charge in [-0.2, -0.15) is 0 Å². The minimum Gasteiger partial charge on any atom is -0.509 e. The average Bonchev–Trinajstić information content (AvgIpc) is 2.71. The highest BCUT2D eigenvalue weighted by atomic mass is 35.5. The van der Waals surface area contributed by atoms with Crippen LogP contribution < -0.4 is 5.32 Å². The van der Waals surface area contributed by atoms with Crippen molar-refractivity contribution in [2.45, 2.75) is 45.0 Å². The van der Waals surface area contributed by atoms with Gasteiger partial charge in [0.05, 0.1) is 30.7 Å². The molecule has 1 heterocycles. The van der Waals surface area contributed by atoms with Crippen molar-refractivity contribution in [2.75, 3.05) is 13.7 Å². The van der Waals surface area contributed by atoms with Gasteiger partial charge in [-0.1, -0.05) is 37.0 Å². The number of esters is 1. The van der Waals surface area contributed by atoms with E-state index in [9.17, 15) is 19.2 Å². The number of methoxy groups -OCH3 is 1. The molecular weight excluding hydrogens is 448 g/mol. The van der Waals surface area contributed by atoms with Gasteiger partial charge in [0.1, 0.15) is 0 Å². The minimum absolute atomic E-state index is 0.0203. The Hall–Kier alpha value is -2.10. The summed E-state index contributed by atoms with van der Waals surface area (Å²) >= 11 is 11.9. The monoisotopic (exact) mass is 471 g/mol.